The van der Waals surface area contributed by atoms with Crippen molar-refractivity contribution in [2.24, 2.45) is 0 Å². The molecule has 0 spiro atoms. The number of hydrogen-bond donors (Lipinski definition) is 1. The van der Waals surface area contributed by atoms with Gasteiger partial charge in [0.05, 0.1) is 18.6 Å². The third kappa shape index (κ3) is 3.16. The van der Waals surface area contributed by atoms with Crippen LogP contribution < -0.4 is 5.32 Å². The van der Waals surface area contributed by atoms with Gasteiger partial charge in [-0.3, -0.25) is 4.90 Å². The Morgan fingerprint density at radius 3 is 2.86 bits per heavy atom. The summed E-state index contributed by atoms with van der Waals surface area (Å²) in [5.41, 5.74) is 1.77. The number of hydrogen-bond acceptors (Lipinski definition) is 6. The minimum Gasteiger partial charge on any atom is -0.443 e. The number of nitrogens with zero attached hydrogens (tertiary/aromatic N) is 3. The second-order valence-electron chi connectivity index (χ2n) is 5.42. The first-order valence-corrected chi connectivity index (χ1v) is 7.50. The van der Waals surface area contributed by atoms with Crippen molar-refractivity contribution in [1.82, 2.24) is 14.9 Å². The van der Waals surface area contributed by atoms with E-state index in [1.165, 1.54) is 0 Å². The fourth-order valence-electron chi connectivity index (χ4n) is 2.65. The van der Waals surface area contributed by atoms with Crippen molar-refractivity contribution in [2.45, 2.75) is 20.3 Å². The van der Waals surface area contributed by atoms with E-state index in [0.29, 0.717) is 5.71 Å². The van der Waals surface area contributed by atoms with Gasteiger partial charge in [0, 0.05) is 25.2 Å². The maximum atomic E-state index is 5.63. The van der Waals surface area contributed by atoms with Gasteiger partial charge >= 0.3 is 0 Å². The van der Waals surface area contributed by atoms with Gasteiger partial charge < -0.3 is 14.5 Å². The van der Waals surface area contributed by atoms with Crippen molar-refractivity contribution >= 4 is 16.9 Å². The summed E-state index contributed by atoms with van der Waals surface area (Å²) in [6.07, 6.45) is 2.64. The molecule has 1 N–H and O–H groups in total. The Morgan fingerprint density at radius 2 is 2.05 bits per heavy atom. The van der Waals surface area contributed by atoms with Crippen molar-refractivity contribution < 1.29 is 9.15 Å². The molecule has 1 aliphatic rings. The van der Waals surface area contributed by atoms with E-state index >= 15 is 0 Å². The van der Waals surface area contributed by atoms with Crippen molar-refractivity contribution in [1.29, 1.82) is 0 Å². The first-order valence-electron chi connectivity index (χ1n) is 7.50. The fourth-order valence-corrected chi connectivity index (χ4v) is 2.65. The number of aromatic nitrogens is 2. The van der Waals surface area contributed by atoms with Crippen molar-refractivity contribution in [3.05, 3.63) is 17.7 Å². The second-order valence-corrected chi connectivity index (χ2v) is 5.42. The van der Waals surface area contributed by atoms with E-state index in [0.717, 1.165) is 68.3 Å². The van der Waals surface area contributed by atoms with E-state index in [-0.39, 0.29) is 0 Å². The topological polar surface area (TPSA) is 63.4 Å². The summed E-state index contributed by atoms with van der Waals surface area (Å²) in [5, 5.41) is 4.41. The Balaban J connectivity index is 1.58. The van der Waals surface area contributed by atoms with E-state index in [1.807, 2.05) is 13.8 Å². The average molecular weight is 290 g/mol. The highest BCUT2D eigenvalue weighted by Gasteiger charge is 2.13. The summed E-state index contributed by atoms with van der Waals surface area (Å²) < 4.78 is 11.0. The number of anilines is 1. The normalized spacial score (nSPS) is 16.5. The van der Waals surface area contributed by atoms with Crippen LogP contribution in [-0.4, -0.2) is 54.3 Å². The van der Waals surface area contributed by atoms with Crippen LogP contribution in [0.1, 0.15) is 17.7 Å². The van der Waals surface area contributed by atoms with Crippen molar-refractivity contribution in [3.8, 4) is 0 Å². The molecule has 3 rings (SSSR count). The van der Waals surface area contributed by atoms with Crippen LogP contribution in [0.3, 0.4) is 0 Å². The molecule has 0 saturated carbocycles. The van der Waals surface area contributed by atoms with Gasteiger partial charge in [0.1, 0.15) is 17.9 Å². The lowest BCUT2D eigenvalue weighted by atomic mass is 10.2. The summed E-state index contributed by atoms with van der Waals surface area (Å²) in [7, 11) is 0. The van der Waals surface area contributed by atoms with Crippen LogP contribution in [0.5, 0.6) is 0 Å². The van der Waals surface area contributed by atoms with Crippen LogP contribution in [0.15, 0.2) is 10.7 Å². The molecule has 1 aliphatic heterocycles. The number of nitrogens with one attached hydrogen (secondary N) is 1. The molecule has 21 heavy (non-hydrogen) atoms. The third-order valence-electron chi connectivity index (χ3n) is 4.01. The molecule has 2 aromatic rings. The predicted molar refractivity (Wildman–Crippen MR) is 81.6 cm³/mol. The van der Waals surface area contributed by atoms with Crippen LogP contribution >= 0.6 is 0 Å². The van der Waals surface area contributed by atoms with Gasteiger partial charge in [-0.15, -0.1) is 0 Å². The number of rotatable bonds is 5. The Morgan fingerprint density at radius 1 is 1.24 bits per heavy atom. The lowest BCUT2D eigenvalue weighted by molar-refractivity contribution is 0.0378. The quantitative estimate of drug-likeness (QED) is 0.850. The smallest absolute Gasteiger partial charge is 0.231 e. The lowest BCUT2D eigenvalue weighted by Gasteiger charge is -2.26. The zero-order valence-electron chi connectivity index (χ0n) is 12.7. The molecule has 0 aliphatic carbocycles. The van der Waals surface area contributed by atoms with E-state index in [1.54, 1.807) is 6.33 Å². The van der Waals surface area contributed by atoms with E-state index < -0.39 is 0 Å². The molecule has 6 nitrogen and oxygen atoms in total. The molecule has 1 fully saturated rings. The monoisotopic (exact) mass is 290 g/mol. The van der Waals surface area contributed by atoms with Crippen LogP contribution in [0, 0.1) is 13.8 Å². The molecule has 6 heteroatoms. The molecular weight excluding hydrogens is 268 g/mol. The maximum absolute atomic E-state index is 5.63. The van der Waals surface area contributed by atoms with Gasteiger partial charge in [-0.05, 0) is 26.8 Å². The standard InChI is InChI=1S/C15H22N4O2/c1-11-12(2)21-15-13(11)14(17-10-18-15)16-4-3-5-19-6-8-20-9-7-19/h10H,3-9H2,1-2H3,(H,16,17,18). The first-order chi connectivity index (χ1) is 10.3. The molecule has 0 radical (unpaired) electrons. The number of aryl methyl sites for hydroxylation is 2. The first kappa shape index (κ1) is 14.3. The molecule has 114 valence electrons. The highest BCUT2D eigenvalue weighted by Crippen LogP contribution is 2.27. The largest absolute Gasteiger partial charge is 0.443 e. The van der Waals surface area contributed by atoms with Gasteiger partial charge in [0.15, 0.2) is 0 Å². The van der Waals surface area contributed by atoms with Crippen molar-refractivity contribution in [3.63, 3.8) is 0 Å². The van der Waals surface area contributed by atoms with Crippen molar-refractivity contribution in [2.75, 3.05) is 44.7 Å². The van der Waals surface area contributed by atoms with Crippen LogP contribution in [0.2, 0.25) is 0 Å². The zero-order chi connectivity index (χ0) is 14.7. The van der Waals surface area contributed by atoms with E-state index in [9.17, 15) is 0 Å². The zero-order valence-corrected chi connectivity index (χ0v) is 12.7. The molecule has 0 aromatic carbocycles. The molecular formula is C15H22N4O2. The van der Waals surface area contributed by atoms with E-state index in [2.05, 4.69) is 20.2 Å². The number of furan rings is 1. The predicted octanol–water partition coefficient (Wildman–Crippen LogP) is 1.97. The van der Waals surface area contributed by atoms with Gasteiger partial charge in [0.25, 0.3) is 0 Å². The number of ether oxygens (including phenoxy) is 1. The van der Waals surface area contributed by atoms with E-state index in [4.69, 9.17) is 9.15 Å². The van der Waals surface area contributed by atoms with Crippen LogP contribution in [0.4, 0.5) is 5.82 Å². The SMILES string of the molecule is Cc1oc2ncnc(NCCCN3CCOCC3)c2c1C. The Bertz CT molecular complexity index is 605. The highest BCUT2D eigenvalue weighted by molar-refractivity contribution is 5.89. The summed E-state index contributed by atoms with van der Waals surface area (Å²) in [4.78, 5) is 11.0. The molecule has 0 unspecified atom stereocenters. The minimum absolute atomic E-state index is 0.663. The highest BCUT2D eigenvalue weighted by atomic mass is 16.5. The summed E-state index contributed by atoms with van der Waals surface area (Å²) >= 11 is 0. The summed E-state index contributed by atoms with van der Waals surface area (Å²) in [5.74, 6) is 1.78. The summed E-state index contributed by atoms with van der Waals surface area (Å²) in [6.45, 7) is 9.78. The Labute approximate surface area is 124 Å². The molecule has 0 bridgehead atoms. The summed E-state index contributed by atoms with van der Waals surface area (Å²) in [6, 6.07) is 0. The fraction of sp³-hybridized carbons (Fsp3) is 0.600. The molecule has 2 aromatic heterocycles. The molecule has 1 saturated heterocycles. The molecule has 0 atom stereocenters. The van der Waals surface area contributed by atoms with Gasteiger partial charge in [0.2, 0.25) is 5.71 Å². The second kappa shape index (κ2) is 6.41. The lowest BCUT2D eigenvalue weighted by Crippen LogP contribution is -2.37. The number of morpholine rings is 1. The molecule has 0 amide bonds. The third-order valence-corrected chi connectivity index (χ3v) is 4.01. The van der Waals surface area contributed by atoms with Gasteiger partial charge in [-0.2, -0.15) is 0 Å². The Kier molecular flexibility index (Phi) is 4.36. The van der Waals surface area contributed by atoms with Crippen LogP contribution in [-0.2, 0) is 4.74 Å². The Hall–Kier alpha value is -1.66. The molecule has 3 heterocycles. The van der Waals surface area contributed by atoms with Gasteiger partial charge in [-0.1, -0.05) is 0 Å². The van der Waals surface area contributed by atoms with Gasteiger partial charge in [-0.25, -0.2) is 9.97 Å². The number of fused-ring (bicyclic) bond motifs is 1. The average Bonchev–Trinajstić information content (AvgIpc) is 2.80. The van der Waals surface area contributed by atoms with Crippen LogP contribution in [0.25, 0.3) is 11.1 Å². The minimum atomic E-state index is 0.663. The maximum Gasteiger partial charge on any atom is 0.231 e.